The monoisotopic (exact) mass is 386 g/mol. The molecule has 1 aliphatic carbocycles. The van der Waals surface area contributed by atoms with E-state index >= 15 is 0 Å². The Bertz CT molecular complexity index is 503. The van der Waals surface area contributed by atoms with Gasteiger partial charge in [0.15, 0.2) is 4.87 Å². The van der Waals surface area contributed by atoms with Crippen LogP contribution < -0.4 is 0 Å². The van der Waals surface area contributed by atoms with Crippen LogP contribution in [0.15, 0.2) is 22.2 Å². The smallest absolute Gasteiger partial charge is 0.353 e. The van der Waals surface area contributed by atoms with Gasteiger partial charge in [-0.05, 0) is 5.57 Å². The third-order valence-electron chi connectivity index (χ3n) is 2.60. The number of rotatable bonds is 2. The van der Waals surface area contributed by atoms with Gasteiger partial charge in [0, 0.05) is 0 Å². The van der Waals surface area contributed by atoms with Gasteiger partial charge in [-0.15, -0.1) is 11.6 Å². The van der Waals surface area contributed by atoms with Gasteiger partial charge in [-0.1, -0.05) is 53.0 Å². The highest BCUT2D eigenvalue weighted by molar-refractivity contribution is 6.59. The van der Waals surface area contributed by atoms with E-state index < -0.39 is 32.1 Å². The van der Waals surface area contributed by atoms with Crippen LogP contribution in [-0.2, 0) is 13.9 Å². The third-order valence-corrected chi connectivity index (χ3v) is 5.84. The van der Waals surface area contributed by atoms with E-state index in [1.807, 2.05) is 0 Å². The number of allylic oxidation sites excluding steroid dienone is 1. The SMILES string of the molecule is C=C1C(Cl)C(Cl)=C(Cl)C(Cl)(C(=O)OCl)C1(Cl)C(=O)O. The molecule has 4 nitrogen and oxygen atoms in total. The number of carboxylic acid groups (broad SMARTS) is 1. The molecule has 1 aliphatic rings. The van der Waals surface area contributed by atoms with Crippen LogP contribution in [0.3, 0.4) is 0 Å². The van der Waals surface area contributed by atoms with Crippen LogP contribution in [0, 0.1) is 0 Å². The van der Waals surface area contributed by atoms with Gasteiger partial charge in [0.25, 0.3) is 0 Å². The zero-order chi connectivity index (χ0) is 15.2. The number of hydrogen-bond donors (Lipinski definition) is 1. The van der Waals surface area contributed by atoms with E-state index in [4.69, 9.17) is 69.9 Å². The average Bonchev–Trinajstić information content (AvgIpc) is 2.39. The lowest BCUT2D eigenvalue weighted by Crippen LogP contribution is -2.61. The molecule has 0 fully saturated rings. The zero-order valence-corrected chi connectivity index (χ0v) is 13.3. The molecule has 0 heterocycles. The number of carbonyl (C=O) groups is 2. The summed E-state index contributed by atoms with van der Waals surface area (Å²) in [7, 11) is 0. The van der Waals surface area contributed by atoms with E-state index in [-0.39, 0.29) is 10.6 Å². The number of aliphatic carboxylic acids is 1. The molecule has 0 radical (unpaired) electrons. The molecular formula is C9H4Cl6O4. The maximum atomic E-state index is 11.7. The molecule has 0 bridgehead atoms. The molecule has 0 aromatic heterocycles. The Morgan fingerprint density at radius 1 is 1.26 bits per heavy atom. The molecule has 10 heteroatoms. The molecule has 0 amide bonds. The van der Waals surface area contributed by atoms with Crippen LogP contribution in [0.1, 0.15) is 0 Å². The fourth-order valence-electron chi connectivity index (χ4n) is 1.54. The van der Waals surface area contributed by atoms with E-state index in [0.717, 1.165) is 0 Å². The Kier molecular flexibility index (Phi) is 4.99. The third kappa shape index (κ3) is 2.13. The Morgan fingerprint density at radius 3 is 2.11 bits per heavy atom. The molecule has 0 aromatic carbocycles. The molecule has 0 aromatic rings. The number of carboxylic acids is 1. The summed E-state index contributed by atoms with van der Waals surface area (Å²) in [5.41, 5.74) is -0.338. The van der Waals surface area contributed by atoms with E-state index in [9.17, 15) is 14.7 Å². The first-order valence-corrected chi connectivity index (χ1v) is 6.65. The zero-order valence-electron chi connectivity index (χ0n) is 8.72. The highest BCUT2D eigenvalue weighted by Crippen LogP contribution is 2.56. The van der Waals surface area contributed by atoms with E-state index in [1.54, 1.807) is 0 Å². The van der Waals surface area contributed by atoms with Crippen molar-refractivity contribution in [3.05, 3.63) is 22.2 Å². The predicted octanol–water partition coefficient (Wildman–Crippen LogP) is 3.59. The van der Waals surface area contributed by atoms with Gasteiger partial charge in [-0.3, -0.25) is 0 Å². The maximum Gasteiger partial charge on any atom is 0.353 e. The molecule has 1 N–H and O–H groups in total. The van der Waals surface area contributed by atoms with Gasteiger partial charge in [0.05, 0.1) is 15.4 Å². The van der Waals surface area contributed by atoms with Gasteiger partial charge in [0.1, 0.15) is 11.9 Å². The van der Waals surface area contributed by atoms with Crippen LogP contribution >= 0.6 is 69.9 Å². The minimum atomic E-state index is -2.58. The number of carbonyl (C=O) groups excluding carboxylic acids is 1. The summed E-state index contributed by atoms with van der Waals surface area (Å²) in [6, 6.07) is 0. The van der Waals surface area contributed by atoms with Crippen molar-refractivity contribution in [3.8, 4) is 0 Å². The number of hydrogen-bond acceptors (Lipinski definition) is 3. The Morgan fingerprint density at radius 2 is 1.74 bits per heavy atom. The highest BCUT2D eigenvalue weighted by atomic mass is 35.5. The largest absolute Gasteiger partial charge is 0.480 e. The van der Waals surface area contributed by atoms with Crippen LogP contribution in [0.25, 0.3) is 0 Å². The summed E-state index contributed by atoms with van der Waals surface area (Å²) in [5.74, 6) is -3.12. The van der Waals surface area contributed by atoms with E-state index in [0.29, 0.717) is 0 Å². The number of alkyl halides is 3. The summed E-state index contributed by atoms with van der Waals surface area (Å²) in [4.78, 5) is 18.0. The van der Waals surface area contributed by atoms with Crippen molar-refractivity contribution in [1.82, 2.24) is 0 Å². The molecule has 0 saturated heterocycles. The number of halogens is 6. The van der Waals surface area contributed by atoms with Gasteiger partial charge in [-0.25, -0.2) is 9.59 Å². The van der Waals surface area contributed by atoms with Gasteiger partial charge < -0.3 is 9.40 Å². The first-order chi connectivity index (χ1) is 8.56. The standard InChI is InChI=1S/C9H4Cl6O4/c1-2-3(10)4(11)5(12)9(14,7(18)19-15)8(2,13)6(16)17/h3H,1H2,(H,16,17). The predicted molar refractivity (Wildman–Crippen MR) is 74.3 cm³/mol. The quantitative estimate of drug-likeness (QED) is 0.580. The van der Waals surface area contributed by atoms with Crippen molar-refractivity contribution in [2.75, 3.05) is 0 Å². The van der Waals surface area contributed by atoms with Crippen molar-refractivity contribution in [1.29, 1.82) is 0 Å². The second-order valence-corrected chi connectivity index (χ2v) is 6.05. The second-order valence-electron chi connectivity index (χ2n) is 3.54. The van der Waals surface area contributed by atoms with Crippen LogP contribution in [0.5, 0.6) is 0 Å². The lowest BCUT2D eigenvalue weighted by molar-refractivity contribution is -0.146. The normalized spacial score (nSPS) is 35.3. The van der Waals surface area contributed by atoms with Crippen molar-refractivity contribution in [2.45, 2.75) is 15.1 Å². The van der Waals surface area contributed by atoms with Gasteiger partial charge in [0.2, 0.25) is 4.87 Å². The van der Waals surface area contributed by atoms with Crippen LogP contribution in [-0.4, -0.2) is 32.2 Å². The first kappa shape index (κ1) is 17.2. The molecule has 19 heavy (non-hydrogen) atoms. The molecule has 1 rings (SSSR count). The van der Waals surface area contributed by atoms with Crippen molar-refractivity contribution < 1.29 is 19.0 Å². The molecule has 0 aliphatic heterocycles. The minimum absolute atomic E-state index is 0.289. The highest BCUT2D eigenvalue weighted by Gasteiger charge is 2.69. The van der Waals surface area contributed by atoms with Crippen molar-refractivity contribution in [2.24, 2.45) is 0 Å². The maximum absolute atomic E-state index is 11.7. The molecular weight excluding hydrogens is 385 g/mol. The molecule has 3 atom stereocenters. The van der Waals surface area contributed by atoms with Gasteiger partial charge in [-0.2, -0.15) is 0 Å². The van der Waals surface area contributed by atoms with Crippen molar-refractivity contribution in [3.63, 3.8) is 0 Å². The summed E-state index contributed by atoms with van der Waals surface area (Å²) in [6.07, 6.45) is 0. The Hall–Kier alpha value is 0.160. The molecule has 0 spiro atoms. The fraction of sp³-hybridized carbons (Fsp3) is 0.333. The molecule has 3 unspecified atom stereocenters. The summed E-state index contributed by atoms with van der Waals surface area (Å²) in [5, 5.41) is 7.15. The minimum Gasteiger partial charge on any atom is -0.480 e. The molecule has 106 valence electrons. The van der Waals surface area contributed by atoms with Gasteiger partial charge >= 0.3 is 11.9 Å². The summed E-state index contributed by atoms with van der Waals surface area (Å²) in [6.45, 7) is 3.41. The topological polar surface area (TPSA) is 63.6 Å². The van der Waals surface area contributed by atoms with E-state index in [1.165, 1.54) is 0 Å². The summed E-state index contributed by atoms with van der Waals surface area (Å²) < 4.78 is 3.93. The molecule has 0 saturated carbocycles. The van der Waals surface area contributed by atoms with Crippen LogP contribution in [0.4, 0.5) is 0 Å². The van der Waals surface area contributed by atoms with Crippen molar-refractivity contribution >= 4 is 81.8 Å². The Balaban J connectivity index is 3.74. The fourth-order valence-corrected chi connectivity index (χ4v) is 3.41. The lowest BCUT2D eigenvalue weighted by atomic mass is 9.78. The summed E-state index contributed by atoms with van der Waals surface area (Å²) >= 11 is 34.3. The van der Waals surface area contributed by atoms with Crippen LogP contribution in [0.2, 0.25) is 0 Å². The van der Waals surface area contributed by atoms with E-state index in [2.05, 4.69) is 10.9 Å². The average molecular weight is 389 g/mol. The second kappa shape index (κ2) is 5.51. The Labute approximate surface area is 137 Å². The lowest BCUT2D eigenvalue weighted by Gasteiger charge is -2.42. The first-order valence-electron chi connectivity index (χ1n) is 4.40.